The van der Waals surface area contributed by atoms with Gasteiger partial charge in [0.2, 0.25) is 9.84 Å². The van der Waals surface area contributed by atoms with E-state index in [-0.39, 0.29) is 21.1 Å². The summed E-state index contributed by atoms with van der Waals surface area (Å²) in [5.74, 6) is 1.35. The number of nitrogens with one attached hydrogen (secondary N) is 2. The van der Waals surface area contributed by atoms with Crippen LogP contribution in [0.1, 0.15) is 130 Å². The van der Waals surface area contributed by atoms with E-state index in [0.717, 1.165) is 30.5 Å². The van der Waals surface area contributed by atoms with E-state index in [2.05, 4.69) is 48.3 Å². The third kappa shape index (κ3) is 10.6. The van der Waals surface area contributed by atoms with Crippen molar-refractivity contribution in [3.8, 4) is 11.5 Å². The monoisotopic (exact) mass is 817 g/mol. The molecule has 0 spiro atoms. The minimum absolute atomic E-state index is 0.124. The molecule has 1 unspecified atom stereocenters. The fourth-order valence-corrected chi connectivity index (χ4v) is 8.40. The fraction of sp³-hybridized carbons (Fsp3) is 0.489. The van der Waals surface area contributed by atoms with Crippen LogP contribution >= 0.6 is 11.6 Å². The molecule has 0 aliphatic heterocycles. The number of aromatic nitrogens is 4. The lowest BCUT2D eigenvalue weighted by Gasteiger charge is -2.41. The molecule has 0 radical (unpaired) electrons. The Morgan fingerprint density at radius 3 is 1.93 bits per heavy atom. The normalized spacial score (nSPS) is 13.1. The van der Waals surface area contributed by atoms with E-state index >= 15 is 0 Å². The maximum Gasteiger partial charge on any atom is 0.261 e. The Morgan fingerprint density at radius 2 is 1.35 bits per heavy atom. The van der Waals surface area contributed by atoms with Crippen LogP contribution in [0.3, 0.4) is 0 Å². The van der Waals surface area contributed by atoms with Crippen LogP contribution in [0.5, 0.6) is 11.5 Å². The first kappa shape index (κ1) is 43.8. The van der Waals surface area contributed by atoms with Crippen molar-refractivity contribution in [2.24, 2.45) is 0 Å². The molecule has 57 heavy (non-hydrogen) atoms. The maximum absolute atomic E-state index is 14.2. The molecule has 0 bridgehead atoms. The molecule has 2 N–H and O–H groups in total. The smallest absolute Gasteiger partial charge is 0.261 e. The number of halogens is 1. The standard InChI is InChI=1S/C45H60ClN5O5S/c1-9-10-11-12-13-14-15-19-22-37(41(52)47-45(7,8)44(5,6)42-49-48-40-38(46)39(43(2,3)4)50-51(40)42)56-34-25-29-36(30-26-34)57(53,54)35-27-23-33(24-28-35)55-31-32-20-17-16-18-21-32/h16-18,20-21,23-30,37,50H,9-15,19,22,31H2,1-8H3,(H,47,52). The molecule has 5 aromatic rings. The summed E-state index contributed by atoms with van der Waals surface area (Å²) in [7, 11) is -3.81. The van der Waals surface area contributed by atoms with E-state index in [1.165, 1.54) is 44.2 Å². The van der Waals surface area contributed by atoms with Crippen molar-refractivity contribution in [2.75, 3.05) is 0 Å². The number of carbonyl (C=O) groups is 1. The number of carbonyl (C=O) groups excluding carboxylic acids is 1. The van der Waals surface area contributed by atoms with E-state index in [4.69, 9.17) is 21.1 Å². The van der Waals surface area contributed by atoms with Crippen molar-refractivity contribution in [1.82, 2.24) is 25.1 Å². The molecule has 3 aromatic carbocycles. The highest BCUT2D eigenvalue weighted by molar-refractivity contribution is 7.91. The van der Waals surface area contributed by atoms with Gasteiger partial charge in [-0.05, 0) is 80.8 Å². The summed E-state index contributed by atoms with van der Waals surface area (Å²) >= 11 is 6.75. The highest BCUT2D eigenvalue weighted by Crippen LogP contribution is 2.38. The van der Waals surface area contributed by atoms with Gasteiger partial charge < -0.3 is 14.8 Å². The quantitative estimate of drug-likeness (QED) is 0.0749. The Kier molecular flexibility index (Phi) is 14.2. The molecule has 12 heteroatoms. The number of nitrogens with zero attached hydrogens (tertiary/aromatic N) is 3. The molecule has 0 saturated heterocycles. The van der Waals surface area contributed by atoms with Crippen LogP contribution < -0.4 is 14.8 Å². The second-order valence-corrected chi connectivity index (χ2v) is 19.4. The van der Waals surface area contributed by atoms with Crippen LogP contribution in [0.2, 0.25) is 5.02 Å². The Bertz CT molecular complexity index is 2170. The van der Waals surface area contributed by atoms with Crippen LogP contribution in [0.15, 0.2) is 88.7 Å². The fourth-order valence-electron chi connectivity index (χ4n) is 6.69. The van der Waals surface area contributed by atoms with Gasteiger partial charge in [0, 0.05) is 16.4 Å². The van der Waals surface area contributed by atoms with E-state index < -0.39 is 26.9 Å². The highest BCUT2D eigenvalue weighted by Gasteiger charge is 2.45. The summed E-state index contributed by atoms with van der Waals surface area (Å²) < 4.78 is 41.2. The molecule has 2 heterocycles. The topological polar surface area (TPSA) is 128 Å². The Hall–Kier alpha value is -4.35. The van der Waals surface area contributed by atoms with Crippen molar-refractivity contribution in [3.63, 3.8) is 0 Å². The van der Waals surface area contributed by atoms with E-state index in [9.17, 15) is 13.2 Å². The number of ether oxygens (including phenoxy) is 2. The molecular formula is C45H60ClN5O5S. The SMILES string of the molecule is CCCCCCCCCCC(Oc1ccc(S(=O)(=O)c2ccc(OCc3ccccc3)cc2)cc1)C(=O)NC(C)(C)C(C)(C)c1nnc2c(Cl)c(C(C)(C)C)[nH]n12. The zero-order valence-electron chi connectivity index (χ0n) is 34.8. The second kappa shape index (κ2) is 18.5. The summed E-state index contributed by atoms with van der Waals surface area (Å²) in [6, 6.07) is 22.5. The van der Waals surface area contributed by atoms with Gasteiger partial charge in [0.15, 0.2) is 17.6 Å². The van der Waals surface area contributed by atoms with Gasteiger partial charge in [-0.2, -0.15) is 0 Å². The summed E-state index contributed by atoms with van der Waals surface area (Å²) in [6.07, 6.45) is 8.71. The third-order valence-corrected chi connectivity index (χ3v) is 13.2. The zero-order chi connectivity index (χ0) is 41.4. The van der Waals surface area contributed by atoms with Gasteiger partial charge in [0.1, 0.15) is 23.1 Å². The third-order valence-electron chi connectivity index (χ3n) is 11.0. The number of sulfone groups is 1. The number of unbranched alkanes of at least 4 members (excludes halogenated alkanes) is 7. The van der Waals surface area contributed by atoms with Crippen molar-refractivity contribution < 1.29 is 22.7 Å². The van der Waals surface area contributed by atoms with Crippen LogP contribution in [0.4, 0.5) is 0 Å². The van der Waals surface area contributed by atoms with Gasteiger partial charge in [-0.15, -0.1) is 10.2 Å². The number of fused-ring (bicyclic) bond motifs is 1. The number of benzene rings is 3. The average Bonchev–Trinajstić information content (AvgIpc) is 3.75. The first-order valence-corrected chi connectivity index (χ1v) is 22.1. The summed E-state index contributed by atoms with van der Waals surface area (Å²) in [5, 5.41) is 16.2. The van der Waals surface area contributed by atoms with Gasteiger partial charge in [-0.3, -0.25) is 9.89 Å². The average molecular weight is 819 g/mol. The first-order valence-electron chi connectivity index (χ1n) is 20.2. The maximum atomic E-state index is 14.2. The molecule has 1 atom stereocenters. The van der Waals surface area contributed by atoms with E-state index in [0.29, 0.717) is 41.0 Å². The lowest BCUT2D eigenvalue weighted by atomic mass is 9.73. The number of H-pyrrole nitrogens is 1. The summed E-state index contributed by atoms with van der Waals surface area (Å²) in [5.41, 5.74) is 0.650. The predicted molar refractivity (Wildman–Crippen MR) is 227 cm³/mol. The lowest BCUT2D eigenvalue weighted by molar-refractivity contribution is -0.130. The van der Waals surface area contributed by atoms with Gasteiger partial charge in [0.25, 0.3) is 5.91 Å². The highest BCUT2D eigenvalue weighted by atomic mass is 35.5. The molecule has 308 valence electrons. The van der Waals surface area contributed by atoms with Crippen molar-refractivity contribution in [1.29, 1.82) is 0 Å². The van der Waals surface area contributed by atoms with Crippen molar-refractivity contribution in [3.05, 3.63) is 101 Å². The summed E-state index contributed by atoms with van der Waals surface area (Å²) in [4.78, 5) is 14.5. The molecule has 5 rings (SSSR count). The van der Waals surface area contributed by atoms with E-state index in [1.807, 2.05) is 62.5 Å². The Morgan fingerprint density at radius 1 is 0.789 bits per heavy atom. The molecule has 10 nitrogen and oxygen atoms in total. The molecular weight excluding hydrogens is 758 g/mol. The van der Waals surface area contributed by atoms with Gasteiger partial charge >= 0.3 is 0 Å². The molecule has 0 aliphatic rings. The molecule has 1 amide bonds. The van der Waals surface area contributed by atoms with Crippen LogP contribution in [0.25, 0.3) is 5.65 Å². The van der Waals surface area contributed by atoms with Crippen LogP contribution in [-0.4, -0.2) is 45.8 Å². The molecule has 0 fully saturated rings. The number of amides is 1. The number of aromatic amines is 1. The van der Waals surface area contributed by atoms with Crippen LogP contribution in [-0.2, 0) is 32.1 Å². The molecule has 0 aliphatic carbocycles. The largest absolute Gasteiger partial charge is 0.489 e. The lowest BCUT2D eigenvalue weighted by Crippen LogP contribution is -2.59. The first-order chi connectivity index (χ1) is 27.0. The van der Waals surface area contributed by atoms with Crippen LogP contribution in [0, 0.1) is 0 Å². The minimum Gasteiger partial charge on any atom is -0.489 e. The molecule has 2 aromatic heterocycles. The number of hydrogen-bond acceptors (Lipinski definition) is 7. The minimum atomic E-state index is -3.81. The molecule has 0 saturated carbocycles. The van der Waals surface area contributed by atoms with E-state index in [1.54, 1.807) is 36.4 Å². The second-order valence-electron chi connectivity index (χ2n) is 17.1. The Labute approximate surface area is 344 Å². The number of hydrogen-bond donors (Lipinski definition) is 2. The van der Waals surface area contributed by atoms with Gasteiger partial charge in [-0.1, -0.05) is 128 Å². The zero-order valence-corrected chi connectivity index (χ0v) is 36.4. The Balaban J connectivity index is 1.30. The van der Waals surface area contributed by atoms with Crippen molar-refractivity contribution in [2.45, 2.75) is 152 Å². The van der Waals surface area contributed by atoms with Crippen molar-refractivity contribution >= 4 is 33.0 Å². The number of rotatable bonds is 20. The summed E-state index contributed by atoms with van der Waals surface area (Å²) in [6.45, 7) is 16.8. The van der Waals surface area contributed by atoms with Gasteiger partial charge in [0.05, 0.1) is 15.5 Å². The predicted octanol–water partition coefficient (Wildman–Crippen LogP) is 10.6. The van der Waals surface area contributed by atoms with Gasteiger partial charge in [-0.25, -0.2) is 12.9 Å².